The third-order valence-corrected chi connectivity index (χ3v) is 3.24. The van der Waals surface area contributed by atoms with E-state index in [-0.39, 0.29) is 0 Å². The molecular weight excluding hydrogens is 162 g/mol. The maximum Gasteiger partial charge on any atom is 0.0477 e. The van der Waals surface area contributed by atoms with Gasteiger partial charge in [-0.15, -0.1) is 0 Å². The highest BCUT2D eigenvalue weighted by Crippen LogP contribution is 2.30. The summed E-state index contributed by atoms with van der Waals surface area (Å²) in [6, 6.07) is 0.364. The highest BCUT2D eigenvalue weighted by atomic mass is 16.5. The minimum Gasteiger partial charge on any atom is -0.385 e. The number of ether oxygens (including phenoxy) is 1. The van der Waals surface area contributed by atoms with Gasteiger partial charge >= 0.3 is 0 Å². The smallest absolute Gasteiger partial charge is 0.0477 e. The van der Waals surface area contributed by atoms with E-state index in [4.69, 9.17) is 10.5 Å². The Morgan fingerprint density at radius 2 is 2.23 bits per heavy atom. The van der Waals surface area contributed by atoms with Crippen LogP contribution in [0.5, 0.6) is 0 Å². The molecule has 0 aromatic rings. The molecular formula is C11H23NO. The Bertz CT molecular complexity index is 138. The fraction of sp³-hybridized carbons (Fsp3) is 1.00. The molecule has 0 radical (unpaired) electrons. The summed E-state index contributed by atoms with van der Waals surface area (Å²) in [4.78, 5) is 0. The number of methoxy groups -OCH3 is 1. The van der Waals surface area contributed by atoms with Crippen molar-refractivity contribution < 1.29 is 4.74 Å². The lowest BCUT2D eigenvalue weighted by Gasteiger charge is -2.31. The molecule has 78 valence electrons. The molecule has 1 saturated carbocycles. The molecule has 0 bridgehead atoms. The van der Waals surface area contributed by atoms with Gasteiger partial charge in [0.25, 0.3) is 0 Å². The lowest BCUT2D eigenvalue weighted by Crippen LogP contribution is -2.34. The first-order valence-corrected chi connectivity index (χ1v) is 5.48. The topological polar surface area (TPSA) is 35.2 Å². The van der Waals surface area contributed by atoms with Crippen molar-refractivity contribution in [1.29, 1.82) is 0 Å². The Hall–Kier alpha value is -0.0800. The van der Waals surface area contributed by atoms with Crippen molar-refractivity contribution in [3.05, 3.63) is 0 Å². The average molecular weight is 185 g/mol. The van der Waals surface area contributed by atoms with Crippen molar-refractivity contribution in [3.63, 3.8) is 0 Å². The highest BCUT2D eigenvalue weighted by Gasteiger charge is 2.23. The van der Waals surface area contributed by atoms with Crippen LogP contribution in [-0.4, -0.2) is 19.8 Å². The molecule has 1 aliphatic carbocycles. The maximum absolute atomic E-state index is 6.12. The van der Waals surface area contributed by atoms with Gasteiger partial charge in [0.2, 0.25) is 0 Å². The molecule has 2 N–H and O–H groups in total. The van der Waals surface area contributed by atoms with Crippen LogP contribution in [0.4, 0.5) is 0 Å². The van der Waals surface area contributed by atoms with Crippen molar-refractivity contribution in [3.8, 4) is 0 Å². The van der Waals surface area contributed by atoms with Gasteiger partial charge < -0.3 is 10.5 Å². The first-order chi connectivity index (χ1) is 6.24. The van der Waals surface area contributed by atoms with Crippen molar-refractivity contribution in [1.82, 2.24) is 0 Å². The number of hydrogen-bond donors (Lipinski definition) is 1. The van der Waals surface area contributed by atoms with Gasteiger partial charge in [0, 0.05) is 19.8 Å². The highest BCUT2D eigenvalue weighted by molar-refractivity contribution is 4.78. The molecule has 1 aliphatic rings. The molecule has 0 spiro atoms. The number of nitrogens with two attached hydrogens (primary N) is 1. The summed E-state index contributed by atoms with van der Waals surface area (Å²) in [5, 5.41) is 0. The molecule has 0 aromatic heterocycles. The number of hydrogen-bond acceptors (Lipinski definition) is 2. The monoisotopic (exact) mass is 185 g/mol. The van der Waals surface area contributed by atoms with Gasteiger partial charge in [0.05, 0.1) is 0 Å². The van der Waals surface area contributed by atoms with Gasteiger partial charge in [0.15, 0.2) is 0 Å². The number of rotatable bonds is 4. The predicted molar refractivity (Wildman–Crippen MR) is 55.6 cm³/mol. The average Bonchev–Trinajstić information content (AvgIpc) is 2.14. The van der Waals surface area contributed by atoms with E-state index in [2.05, 4.69) is 6.92 Å². The fourth-order valence-corrected chi connectivity index (χ4v) is 2.36. The van der Waals surface area contributed by atoms with Crippen LogP contribution in [0.1, 0.15) is 39.0 Å². The zero-order chi connectivity index (χ0) is 9.68. The van der Waals surface area contributed by atoms with Crippen molar-refractivity contribution in [2.75, 3.05) is 13.7 Å². The standard InChI is InChI=1S/C11H23NO/c1-9-4-3-5-10(8-9)11(12)6-7-13-2/h9-11H,3-8,12H2,1-2H3. The zero-order valence-electron chi connectivity index (χ0n) is 8.96. The van der Waals surface area contributed by atoms with Gasteiger partial charge in [-0.2, -0.15) is 0 Å². The van der Waals surface area contributed by atoms with Gasteiger partial charge in [-0.3, -0.25) is 0 Å². The molecule has 2 nitrogen and oxygen atoms in total. The van der Waals surface area contributed by atoms with E-state index in [9.17, 15) is 0 Å². The van der Waals surface area contributed by atoms with E-state index in [1.165, 1.54) is 25.7 Å². The summed E-state index contributed by atoms with van der Waals surface area (Å²) in [5.41, 5.74) is 6.12. The summed E-state index contributed by atoms with van der Waals surface area (Å²) in [7, 11) is 1.75. The van der Waals surface area contributed by atoms with E-state index < -0.39 is 0 Å². The minimum atomic E-state index is 0.364. The predicted octanol–water partition coefficient (Wildman–Crippen LogP) is 2.18. The molecule has 1 rings (SSSR count). The third-order valence-electron chi connectivity index (χ3n) is 3.24. The molecule has 3 atom stereocenters. The zero-order valence-corrected chi connectivity index (χ0v) is 8.96. The molecule has 0 aliphatic heterocycles. The van der Waals surface area contributed by atoms with Crippen molar-refractivity contribution >= 4 is 0 Å². The fourth-order valence-electron chi connectivity index (χ4n) is 2.36. The molecule has 0 aromatic carbocycles. The molecule has 0 heterocycles. The summed E-state index contributed by atoms with van der Waals surface area (Å²) in [6.45, 7) is 3.15. The van der Waals surface area contributed by atoms with Gasteiger partial charge in [-0.1, -0.05) is 19.8 Å². The summed E-state index contributed by atoms with van der Waals surface area (Å²) in [5.74, 6) is 1.63. The second kappa shape index (κ2) is 5.61. The Kier molecular flexibility index (Phi) is 4.74. The van der Waals surface area contributed by atoms with Crippen LogP contribution in [0.3, 0.4) is 0 Å². The van der Waals surface area contributed by atoms with Gasteiger partial charge in [-0.05, 0) is 31.1 Å². The first-order valence-electron chi connectivity index (χ1n) is 5.48. The van der Waals surface area contributed by atoms with Crippen molar-refractivity contribution in [2.45, 2.75) is 45.1 Å². The van der Waals surface area contributed by atoms with Crippen LogP contribution < -0.4 is 5.73 Å². The van der Waals surface area contributed by atoms with Crippen LogP contribution in [0, 0.1) is 11.8 Å². The van der Waals surface area contributed by atoms with Crippen LogP contribution >= 0.6 is 0 Å². The maximum atomic E-state index is 6.12. The summed E-state index contributed by atoms with van der Waals surface area (Å²) in [6.07, 6.45) is 6.44. The molecule has 0 saturated heterocycles. The van der Waals surface area contributed by atoms with Gasteiger partial charge in [-0.25, -0.2) is 0 Å². The van der Waals surface area contributed by atoms with E-state index in [0.717, 1.165) is 24.9 Å². The second-order valence-corrected chi connectivity index (χ2v) is 4.48. The van der Waals surface area contributed by atoms with E-state index in [1.54, 1.807) is 7.11 Å². The largest absolute Gasteiger partial charge is 0.385 e. The quantitative estimate of drug-likeness (QED) is 0.728. The molecule has 13 heavy (non-hydrogen) atoms. The van der Waals surface area contributed by atoms with Gasteiger partial charge in [0.1, 0.15) is 0 Å². The minimum absolute atomic E-state index is 0.364. The molecule has 1 fully saturated rings. The van der Waals surface area contributed by atoms with E-state index in [0.29, 0.717) is 6.04 Å². The second-order valence-electron chi connectivity index (χ2n) is 4.48. The van der Waals surface area contributed by atoms with Crippen LogP contribution in [0.25, 0.3) is 0 Å². The van der Waals surface area contributed by atoms with E-state index in [1.807, 2.05) is 0 Å². The van der Waals surface area contributed by atoms with Crippen molar-refractivity contribution in [2.24, 2.45) is 17.6 Å². The Balaban J connectivity index is 2.24. The molecule has 0 amide bonds. The Morgan fingerprint density at radius 1 is 1.46 bits per heavy atom. The van der Waals surface area contributed by atoms with Crippen LogP contribution in [0.15, 0.2) is 0 Å². The molecule has 2 heteroatoms. The van der Waals surface area contributed by atoms with E-state index >= 15 is 0 Å². The summed E-state index contributed by atoms with van der Waals surface area (Å²) < 4.78 is 5.05. The SMILES string of the molecule is COCCC(N)C1CCCC(C)C1. The Morgan fingerprint density at radius 3 is 2.85 bits per heavy atom. The summed E-state index contributed by atoms with van der Waals surface area (Å²) >= 11 is 0. The first kappa shape index (κ1) is 11.0. The van der Waals surface area contributed by atoms with Crippen LogP contribution in [-0.2, 0) is 4.74 Å². The lowest BCUT2D eigenvalue weighted by molar-refractivity contribution is 0.163. The lowest BCUT2D eigenvalue weighted by atomic mass is 9.78. The van der Waals surface area contributed by atoms with Crippen LogP contribution in [0.2, 0.25) is 0 Å². The third kappa shape index (κ3) is 3.65. The Labute approximate surface area is 81.8 Å². The normalized spacial score (nSPS) is 31.6. The molecule has 3 unspecified atom stereocenters.